The molecule has 0 heterocycles. The van der Waals surface area contributed by atoms with Crippen LogP contribution in [0.1, 0.15) is 48.5 Å². The van der Waals surface area contributed by atoms with Crippen LogP contribution >= 0.6 is 23.3 Å². The van der Waals surface area contributed by atoms with Crippen molar-refractivity contribution in [2.45, 2.75) is 48.5 Å². The summed E-state index contributed by atoms with van der Waals surface area (Å²) in [4.78, 5) is 0. The fraction of sp³-hybridized carbons (Fsp3) is 0.368. The Balaban J connectivity index is -0.000000739. The number of rotatable bonds is 5. The fourth-order valence-electron chi connectivity index (χ4n) is 1.37. The zero-order valence-electron chi connectivity index (χ0n) is 14.7. The lowest BCUT2D eigenvalue weighted by Gasteiger charge is -2.01. The monoisotopic (exact) mass is 324 g/mol. The lowest BCUT2D eigenvalue weighted by Crippen LogP contribution is -1.81. The second-order valence-electron chi connectivity index (χ2n) is 4.62. The standard InChI is InChI=1S/C17H24.C2H6.H2S2/c1-13(2)9-8-10-16(6)17(7)12-15(5)11-14(3)4;2*1-2/h8-12H,1,3H2,2,4-7H3;1-2H3;1-2H/b9-8-,15-11-,16-10+,17-12+;;. The minimum absolute atomic E-state index is 1.06. The van der Waals surface area contributed by atoms with Gasteiger partial charge in [-0.2, -0.15) is 0 Å². The highest BCUT2D eigenvalue weighted by atomic mass is 33.1. The van der Waals surface area contributed by atoms with Crippen molar-refractivity contribution in [2.75, 3.05) is 0 Å². The third-order valence-electron chi connectivity index (χ3n) is 2.27. The molecule has 0 nitrogen and oxygen atoms in total. The summed E-state index contributed by atoms with van der Waals surface area (Å²) in [6.07, 6.45) is 10.4. The first kappa shape index (κ1) is 25.1. The highest BCUT2D eigenvalue weighted by Crippen LogP contribution is 2.12. The van der Waals surface area contributed by atoms with Gasteiger partial charge < -0.3 is 0 Å². The molecule has 21 heavy (non-hydrogen) atoms. The minimum atomic E-state index is 1.06. The highest BCUT2D eigenvalue weighted by molar-refractivity contribution is 8.59. The van der Waals surface area contributed by atoms with Gasteiger partial charge in [0, 0.05) is 0 Å². The van der Waals surface area contributed by atoms with Gasteiger partial charge in [0.05, 0.1) is 0 Å². The summed E-state index contributed by atoms with van der Waals surface area (Å²) in [5.74, 6) is 0. The van der Waals surface area contributed by atoms with E-state index in [1.54, 1.807) is 0 Å². The van der Waals surface area contributed by atoms with Crippen molar-refractivity contribution in [3.05, 3.63) is 71.4 Å². The van der Waals surface area contributed by atoms with Crippen molar-refractivity contribution >= 4 is 23.3 Å². The Labute approximate surface area is 143 Å². The Morgan fingerprint density at radius 1 is 0.762 bits per heavy atom. The topological polar surface area (TPSA) is 0 Å². The van der Waals surface area contributed by atoms with Crippen LogP contribution in [0.3, 0.4) is 0 Å². The van der Waals surface area contributed by atoms with Gasteiger partial charge in [0.25, 0.3) is 0 Å². The SMILES string of the molecule is C=C(C)\C=C/C=C(C)/C(C)=C/C(C)=C\C(=C)C.CC.SS. The molecule has 0 unspecified atom stereocenters. The number of thiol groups is 2. The van der Waals surface area contributed by atoms with Crippen LogP contribution in [0, 0.1) is 0 Å². The van der Waals surface area contributed by atoms with Gasteiger partial charge in [0.2, 0.25) is 0 Å². The number of hydrogen-bond acceptors (Lipinski definition) is 2. The maximum Gasteiger partial charge on any atom is -0.0395 e. The molecule has 0 saturated heterocycles. The first-order valence-electron chi connectivity index (χ1n) is 7.06. The van der Waals surface area contributed by atoms with Crippen LogP contribution in [0.15, 0.2) is 71.4 Å². The molecule has 0 saturated carbocycles. The molecule has 120 valence electrons. The third kappa shape index (κ3) is 19.1. The first-order valence-corrected chi connectivity index (χ1v) is 8.66. The van der Waals surface area contributed by atoms with Gasteiger partial charge in [0.1, 0.15) is 0 Å². The van der Waals surface area contributed by atoms with E-state index in [0.717, 1.165) is 11.1 Å². The molecule has 0 atom stereocenters. The molecule has 0 N–H and O–H groups in total. The van der Waals surface area contributed by atoms with E-state index in [1.165, 1.54) is 16.7 Å². The number of hydrogen-bond donors (Lipinski definition) is 2. The van der Waals surface area contributed by atoms with Crippen molar-refractivity contribution in [1.29, 1.82) is 0 Å². The van der Waals surface area contributed by atoms with Crippen molar-refractivity contribution < 1.29 is 0 Å². The van der Waals surface area contributed by atoms with E-state index < -0.39 is 0 Å². The smallest absolute Gasteiger partial charge is 0.0395 e. The van der Waals surface area contributed by atoms with Crippen LogP contribution in [0.2, 0.25) is 0 Å². The third-order valence-corrected chi connectivity index (χ3v) is 2.27. The maximum absolute atomic E-state index is 3.88. The van der Waals surface area contributed by atoms with Crippen LogP contribution in [0.5, 0.6) is 0 Å². The maximum atomic E-state index is 3.88. The molecule has 2 heteroatoms. The van der Waals surface area contributed by atoms with Gasteiger partial charge in [-0.3, -0.25) is 0 Å². The molecule has 0 spiro atoms. The summed E-state index contributed by atoms with van der Waals surface area (Å²) in [5, 5.41) is 0. The highest BCUT2D eigenvalue weighted by Gasteiger charge is 1.92. The summed E-state index contributed by atoms with van der Waals surface area (Å²) in [7, 11) is 0. The van der Waals surface area contributed by atoms with E-state index in [2.05, 4.69) is 75.5 Å². The van der Waals surface area contributed by atoms with Crippen LogP contribution in [-0.2, 0) is 0 Å². The zero-order chi connectivity index (χ0) is 17.4. The molecule has 0 rings (SSSR count). The van der Waals surface area contributed by atoms with E-state index in [0.29, 0.717) is 0 Å². The van der Waals surface area contributed by atoms with Crippen molar-refractivity contribution in [3.63, 3.8) is 0 Å². The lowest BCUT2D eigenvalue weighted by atomic mass is 10.1. The molecule has 0 aliphatic carbocycles. The van der Waals surface area contributed by atoms with Crippen LogP contribution in [0.25, 0.3) is 0 Å². The van der Waals surface area contributed by atoms with E-state index >= 15 is 0 Å². The van der Waals surface area contributed by atoms with Crippen LogP contribution < -0.4 is 0 Å². The number of allylic oxidation sites excluding steroid dienone is 10. The molecular formula is C19H32S2. The Hall–Kier alpha value is -0.860. The largest absolute Gasteiger partial charge is 0.115 e. The van der Waals surface area contributed by atoms with Gasteiger partial charge in [0.15, 0.2) is 0 Å². The second kappa shape index (κ2) is 17.2. The van der Waals surface area contributed by atoms with Gasteiger partial charge >= 0.3 is 0 Å². The molecule has 0 amide bonds. The van der Waals surface area contributed by atoms with Crippen LogP contribution in [0.4, 0.5) is 0 Å². The van der Waals surface area contributed by atoms with Gasteiger partial charge in [-0.25, -0.2) is 0 Å². The molecule has 0 fully saturated rings. The van der Waals surface area contributed by atoms with Crippen molar-refractivity contribution in [2.24, 2.45) is 0 Å². The minimum Gasteiger partial charge on any atom is -0.115 e. The molecule has 0 aliphatic rings. The zero-order valence-corrected chi connectivity index (χ0v) is 16.5. The second-order valence-corrected chi connectivity index (χ2v) is 4.62. The Morgan fingerprint density at radius 2 is 1.24 bits per heavy atom. The molecule has 0 aliphatic heterocycles. The summed E-state index contributed by atoms with van der Waals surface area (Å²) in [6, 6.07) is 0. The average molecular weight is 325 g/mol. The molecule has 0 radical (unpaired) electrons. The molecule has 0 aromatic carbocycles. The normalized spacial score (nSPS) is 12.1. The summed E-state index contributed by atoms with van der Waals surface area (Å²) < 4.78 is 0. The van der Waals surface area contributed by atoms with E-state index in [-0.39, 0.29) is 0 Å². The van der Waals surface area contributed by atoms with Crippen molar-refractivity contribution in [3.8, 4) is 0 Å². The van der Waals surface area contributed by atoms with Gasteiger partial charge in [-0.1, -0.05) is 74.1 Å². The molecular weight excluding hydrogens is 292 g/mol. The Kier molecular flexibility index (Phi) is 20.6. The quantitative estimate of drug-likeness (QED) is 0.295. The Bertz CT molecular complexity index is 419. The first-order chi connectivity index (χ1) is 9.82. The van der Waals surface area contributed by atoms with E-state index in [4.69, 9.17) is 0 Å². The van der Waals surface area contributed by atoms with E-state index in [1.807, 2.05) is 39.8 Å². The van der Waals surface area contributed by atoms with Gasteiger partial charge in [-0.15, -0.1) is 23.3 Å². The molecule has 0 aromatic heterocycles. The predicted molar refractivity (Wildman–Crippen MR) is 109 cm³/mol. The summed E-state index contributed by atoms with van der Waals surface area (Å²) in [5.41, 5.74) is 5.90. The molecule has 0 bridgehead atoms. The van der Waals surface area contributed by atoms with Crippen LogP contribution in [-0.4, -0.2) is 0 Å². The predicted octanol–water partition coefficient (Wildman–Crippen LogP) is 7.32. The van der Waals surface area contributed by atoms with Gasteiger partial charge in [-0.05, 0) is 45.8 Å². The van der Waals surface area contributed by atoms with E-state index in [9.17, 15) is 0 Å². The molecule has 0 aromatic rings. The lowest BCUT2D eigenvalue weighted by molar-refractivity contribution is 1.31. The average Bonchev–Trinajstić information content (AvgIpc) is 2.41. The summed E-state index contributed by atoms with van der Waals surface area (Å²) in [6.45, 7) is 22.0. The fourth-order valence-corrected chi connectivity index (χ4v) is 1.37. The summed E-state index contributed by atoms with van der Waals surface area (Å²) >= 11 is 6.44. The van der Waals surface area contributed by atoms with Crippen molar-refractivity contribution in [1.82, 2.24) is 0 Å². The Morgan fingerprint density at radius 3 is 1.62 bits per heavy atom.